The summed E-state index contributed by atoms with van der Waals surface area (Å²) in [5, 5.41) is 6.72. The van der Waals surface area contributed by atoms with Gasteiger partial charge in [0.15, 0.2) is 5.11 Å². The van der Waals surface area contributed by atoms with Gasteiger partial charge < -0.3 is 25.0 Å². The van der Waals surface area contributed by atoms with E-state index in [1.165, 1.54) is 6.42 Å². The zero-order valence-electron chi connectivity index (χ0n) is 17.1. The van der Waals surface area contributed by atoms with Crippen molar-refractivity contribution in [3.8, 4) is 11.6 Å². The van der Waals surface area contributed by atoms with E-state index in [2.05, 4.69) is 27.4 Å². The lowest BCUT2D eigenvalue weighted by atomic mass is 10.0. The van der Waals surface area contributed by atoms with Crippen molar-refractivity contribution in [1.82, 2.24) is 15.3 Å². The fourth-order valence-electron chi connectivity index (χ4n) is 3.28. The molecule has 1 aliphatic heterocycles. The monoisotopic (exact) mass is 415 g/mol. The smallest absolute Gasteiger partial charge is 0.234 e. The normalized spacial score (nSPS) is 16.3. The molecule has 1 aromatic heterocycles. The zero-order valence-corrected chi connectivity index (χ0v) is 17.9. The molecule has 0 bridgehead atoms. The number of hydrogen-bond acceptors (Lipinski definition) is 6. The Labute approximate surface area is 177 Å². The number of nitrogens with one attached hydrogen (secondary N) is 2. The highest BCUT2D eigenvalue weighted by Crippen LogP contribution is 2.28. The van der Waals surface area contributed by atoms with Crippen LogP contribution in [0.2, 0.25) is 0 Å². The number of methoxy groups -OCH3 is 1. The van der Waals surface area contributed by atoms with E-state index in [1.54, 1.807) is 7.11 Å². The largest absolute Gasteiger partial charge is 0.439 e. The van der Waals surface area contributed by atoms with Gasteiger partial charge in [-0.05, 0) is 57.0 Å². The lowest BCUT2D eigenvalue weighted by Gasteiger charge is -2.34. The van der Waals surface area contributed by atoms with Crippen molar-refractivity contribution >= 4 is 29.1 Å². The Morgan fingerprint density at radius 2 is 2.07 bits per heavy atom. The Kier molecular flexibility index (Phi) is 8.01. The number of ether oxygens (including phenoxy) is 2. The number of anilines is 2. The molecule has 156 valence electrons. The molecule has 1 aromatic carbocycles. The maximum Gasteiger partial charge on any atom is 0.234 e. The van der Waals surface area contributed by atoms with Gasteiger partial charge in [0.05, 0.1) is 0 Å². The van der Waals surface area contributed by atoms with Gasteiger partial charge in [-0.3, -0.25) is 0 Å². The molecule has 3 rings (SSSR count). The van der Waals surface area contributed by atoms with Crippen LogP contribution in [0.4, 0.5) is 11.8 Å². The molecule has 0 spiro atoms. The second kappa shape index (κ2) is 10.9. The van der Waals surface area contributed by atoms with Crippen molar-refractivity contribution in [2.45, 2.75) is 38.6 Å². The molecule has 2 aromatic rings. The number of para-hydroxylation sites is 1. The summed E-state index contributed by atoms with van der Waals surface area (Å²) < 4.78 is 11.0. The van der Waals surface area contributed by atoms with E-state index in [-0.39, 0.29) is 0 Å². The predicted octanol–water partition coefficient (Wildman–Crippen LogP) is 3.97. The Morgan fingerprint density at radius 3 is 2.83 bits per heavy atom. The third-order valence-corrected chi connectivity index (χ3v) is 5.03. The van der Waals surface area contributed by atoms with E-state index >= 15 is 0 Å². The number of thiocarbonyl (C=S) groups is 1. The van der Waals surface area contributed by atoms with Gasteiger partial charge in [-0.15, -0.1) is 0 Å². The summed E-state index contributed by atoms with van der Waals surface area (Å²) in [5.41, 5.74) is 0. The van der Waals surface area contributed by atoms with E-state index in [9.17, 15) is 0 Å². The molecule has 0 radical (unpaired) electrons. The summed E-state index contributed by atoms with van der Waals surface area (Å²) in [5.74, 6) is 2.50. The van der Waals surface area contributed by atoms with Crippen molar-refractivity contribution in [3.63, 3.8) is 0 Å². The number of hydrogen-bond donors (Lipinski definition) is 2. The van der Waals surface area contributed by atoms with Gasteiger partial charge in [0.25, 0.3) is 0 Å². The summed E-state index contributed by atoms with van der Waals surface area (Å²) in [6.45, 7) is 4.61. The molecule has 8 heteroatoms. The molecule has 29 heavy (non-hydrogen) atoms. The number of benzene rings is 1. The summed E-state index contributed by atoms with van der Waals surface area (Å²) >= 11 is 5.38. The first-order valence-corrected chi connectivity index (χ1v) is 10.5. The average Bonchev–Trinajstić information content (AvgIpc) is 2.72. The lowest BCUT2D eigenvalue weighted by Crippen LogP contribution is -2.38. The third kappa shape index (κ3) is 6.54. The molecule has 1 atom stereocenters. The van der Waals surface area contributed by atoms with Crippen LogP contribution in [-0.4, -0.2) is 47.9 Å². The van der Waals surface area contributed by atoms with Crippen LogP contribution in [-0.2, 0) is 4.74 Å². The summed E-state index contributed by atoms with van der Waals surface area (Å²) in [6.07, 6.45) is 4.43. The van der Waals surface area contributed by atoms with Crippen LogP contribution in [0.25, 0.3) is 0 Å². The Bertz CT molecular complexity index is 790. The van der Waals surface area contributed by atoms with Gasteiger partial charge in [-0.1, -0.05) is 18.2 Å². The lowest BCUT2D eigenvalue weighted by molar-refractivity contribution is 0.196. The molecular weight excluding hydrogens is 386 g/mol. The predicted molar refractivity (Wildman–Crippen MR) is 120 cm³/mol. The van der Waals surface area contributed by atoms with Gasteiger partial charge in [0, 0.05) is 38.9 Å². The van der Waals surface area contributed by atoms with Crippen LogP contribution in [0.5, 0.6) is 11.6 Å². The van der Waals surface area contributed by atoms with E-state index < -0.39 is 0 Å². The number of aromatic nitrogens is 2. The van der Waals surface area contributed by atoms with E-state index in [1.807, 2.05) is 36.4 Å². The van der Waals surface area contributed by atoms with Crippen LogP contribution in [0.15, 0.2) is 36.4 Å². The SMILES string of the molecule is COCCCNC(=S)Nc1nc(Oc2ccccc2)cc(N2CCCC[C@@H]2C)n1. The first-order valence-electron chi connectivity index (χ1n) is 10.1. The van der Waals surface area contributed by atoms with Crippen LogP contribution in [0.1, 0.15) is 32.6 Å². The Hall–Kier alpha value is -2.45. The van der Waals surface area contributed by atoms with E-state index in [4.69, 9.17) is 26.7 Å². The van der Waals surface area contributed by atoms with Gasteiger partial charge in [-0.2, -0.15) is 9.97 Å². The first-order chi connectivity index (χ1) is 14.2. The summed E-state index contributed by atoms with van der Waals surface area (Å²) in [6, 6.07) is 11.9. The highest BCUT2D eigenvalue weighted by molar-refractivity contribution is 7.80. The fourth-order valence-corrected chi connectivity index (χ4v) is 3.47. The standard InChI is InChI=1S/C21H29N5O2S/c1-16-9-6-7-13-26(16)18-15-19(28-17-10-4-3-5-11-17)24-20(23-18)25-21(29)22-12-8-14-27-2/h3-5,10-11,15-16H,6-9,12-14H2,1-2H3,(H2,22,23,24,25,29)/t16-/m0/s1. The molecule has 1 saturated heterocycles. The molecule has 2 N–H and O–H groups in total. The van der Waals surface area contributed by atoms with Gasteiger partial charge in [0.2, 0.25) is 11.8 Å². The minimum atomic E-state index is 0.426. The minimum Gasteiger partial charge on any atom is -0.439 e. The van der Waals surface area contributed by atoms with Crippen molar-refractivity contribution in [2.24, 2.45) is 0 Å². The minimum absolute atomic E-state index is 0.426. The quantitative estimate of drug-likeness (QED) is 0.496. The van der Waals surface area contributed by atoms with Crippen LogP contribution < -0.4 is 20.3 Å². The first kappa shape index (κ1) is 21.3. The van der Waals surface area contributed by atoms with Gasteiger partial charge >= 0.3 is 0 Å². The van der Waals surface area contributed by atoms with E-state index in [0.29, 0.717) is 29.6 Å². The second-order valence-corrected chi connectivity index (χ2v) is 7.48. The number of rotatable bonds is 8. The second-order valence-electron chi connectivity index (χ2n) is 7.07. The van der Waals surface area contributed by atoms with E-state index in [0.717, 1.165) is 43.9 Å². The Balaban J connectivity index is 1.77. The number of piperidine rings is 1. The maximum atomic E-state index is 5.98. The van der Waals surface area contributed by atoms with Crippen molar-refractivity contribution < 1.29 is 9.47 Å². The molecule has 2 heterocycles. The average molecular weight is 416 g/mol. The molecule has 0 aliphatic carbocycles. The van der Waals surface area contributed by atoms with Crippen molar-refractivity contribution in [3.05, 3.63) is 36.4 Å². The highest BCUT2D eigenvalue weighted by atomic mass is 32.1. The van der Waals surface area contributed by atoms with Crippen LogP contribution >= 0.6 is 12.2 Å². The highest BCUT2D eigenvalue weighted by Gasteiger charge is 2.21. The molecular formula is C21H29N5O2S. The molecule has 1 fully saturated rings. The van der Waals surface area contributed by atoms with Crippen molar-refractivity contribution in [2.75, 3.05) is 37.0 Å². The zero-order chi connectivity index (χ0) is 20.5. The van der Waals surface area contributed by atoms with Crippen molar-refractivity contribution in [1.29, 1.82) is 0 Å². The molecule has 0 unspecified atom stereocenters. The summed E-state index contributed by atoms with van der Waals surface area (Å²) in [7, 11) is 1.69. The van der Waals surface area contributed by atoms with Crippen LogP contribution in [0.3, 0.4) is 0 Å². The Morgan fingerprint density at radius 1 is 1.24 bits per heavy atom. The fraction of sp³-hybridized carbons (Fsp3) is 0.476. The van der Waals surface area contributed by atoms with Gasteiger partial charge in [0.1, 0.15) is 11.6 Å². The van der Waals surface area contributed by atoms with Gasteiger partial charge in [-0.25, -0.2) is 0 Å². The molecule has 1 aliphatic rings. The van der Waals surface area contributed by atoms with Crippen LogP contribution in [0, 0.1) is 0 Å². The molecule has 0 amide bonds. The molecule has 0 saturated carbocycles. The molecule has 7 nitrogen and oxygen atoms in total. The summed E-state index contributed by atoms with van der Waals surface area (Å²) in [4.78, 5) is 11.5. The number of nitrogens with zero attached hydrogens (tertiary/aromatic N) is 3. The third-order valence-electron chi connectivity index (χ3n) is 4.79. The maximum absolute atomic E-state index is 5.98. The topological polar surface area (TPSA) is 71.5 Å².